The Morgan fingerprint density at radius 2 is 1.17 bits per heavy atom. The van der Waals surface area contributed by atoms with Crippen LogP contribution in [0.3, 0.4) is 0 Å². The van der Waals surface area contributed by atoms with Crippen LogP contribution >= 0.6 is 0 Å². The highest BCUT2D eigenvalue weighted by atomic mass is 32.2. The summed E-state index contributed by atoms with van der Waals surface area (Å²) in [6.07, 6.45) is -0.840. The van der Waals surface area contributed by atoms with Crippen molar-refractivity contribution in [2.24, 2.45) is 0 Å². The molecule has 0 aliphatic carbocycles. The van der Waals surface area contributed by atoms with Crippen LogP contribution in [0.1, 0.15) is 28.7 Å². The number of hydrogen-bond donors (Lipinski definition) is 1. The van der Waals surface area contributed by atoms with Gasteiger partial charge < -0.3 is 9.84 Å². The van der Waals surface area contributed by atoms with Gasteiger partial charge in [0.05, 0.1) is 24.2 Å². The van der Waals surface area contributed by atoms with E-state index >= 15 is 0 Å². The molecule has 4 rings (SSSR count). The third-order valence-electron chi connectivity index (χ3n) is 6.03. The molecule has 0 spiro atoms. The van der Waals surface area contributed by atoms with E-state index in [1.54, 1.807) is 12.1 Å². The van der Waals surface area contributed by atoms with Gasteiger partial charge in [0, 0.05) is 6.42 Å². The van der Waals surface area contributed by atoms with Gasteiger partial charge in [-0.25, -0.2) is 0 Å². The van der Waals surface area contributed by atoms with E-state index in [1.165, 1.54) is 12.1 Å². The molecule has 0 aliphatic rings. The number of aryl methyl sites for hydroxylation is 1. The lowest BCUT2D eigenvalue weighted by Crippen LogP contribution is -2.36. The van der Waals surface area contributed by atoms with E-state index in [2.05, 4.69) is 0 Å². The molecule has 6 heteroatoms. The molecular formula is C30H30O5S. The van der Waals surface area contributed by atoms with Gasteiger partial charge in [0.2, 0.25) is 0 Å². The second-order valence-electron chi connectivity index (χ2n) is 8.62. The van der Waals surface area contributed by atoms with Gasteiger partial charge in [-0.15, -0.1) is 0 Å². The molecule has 0 unspecified atom stereocenters. The molecule has 0 aliphatic heterocycles. The Balaban J connectivity index is 1.53. The van der Waals surface area contributed by atoms with E-state index in [-0.39, 0.29) is 24.5 Å². The summed E-state index contributed by atoms with van der Waals surface area (Å²) in [5.41, 5.74) is 2.77. The largest absolute Gasteiger partial charge is 0.391 e. The smallest absolute Gasteiger partial charge is 0.296 e. The minimum atomic E-state index is -3.90. The average molecular weight is 503 g/mol. The molecule has 1 atom stereocenters. The molecule has 186 valence electrons. The summed E-state index contributed by atoms with van der Waals surface area (Å²) < 4.78 is 36.7. The second kappa shape index (κ2) is 11.6. The first-order valence-electron chi connectivity index (χ1n) is 11.9. The van der Waals surface area contributed by atoms with E-state index in [0.29, 0.717) is 0 Å². The minimum absolute atomic E-state index is 0.0212. The van der Waals surface area contributed by atoms with Crippen LogP contribution in [0.5, 0.6) is 0 Å². The molecule has 0 fully saturated rings. The lowest BCUT2D eigenvalue weighted by atomic mass is 9.80. The van der Waals surface area contributed by atoms with E-state index in [9.17, 15) is 13.5 Å². The monoisotopic (exact) mass is 502 g/mol. The average Bonchev–Trinajstić information content (AvgIpc) is 2.91. The highest BCUT2D eigenvalue weighted by Crippen LogP contribution is 2.40. The molecule has 1 N–H and O–H groups in total. The number of rotatable bonds is 11. The molecule has 0 radical (unpaired) electrons. The second-order valence-corrected chi connectivity index (χ2v) is 10.2. The summed E-state index contributed by atoms with van der Waals surface area (Å²) in [5, 5.41) is 10.8. The molecule has 4 aromatic rings. The Kier molecular flexibility index (Phi) is 8.33. The molecule has 0 saturated heterocycles. The Bertz CT molecular complexity index is 1230. The number of aliphatic hydroxyl groups excluding tert-OH is 1. The normalized spacial score (nSPS) is 12.8. The third-order valence-corrected chi connectivity index (χ3v) is 7.36. The first kappa shape index (κ1) is 25.8. The van der Waals surface area contributed by atoms with Crippen molar-refractivity contribution in [1.29, 1.82) is 0 Å². The predicted octanol–water partition coefficient (Wildman–Crippen LogP) is 5.46. The zero-order chi connectivity index (χ0) is 25.4. The molecule has 0 saturated carbocycles. The summed E-state index contributed by atoms with van der Waals surface area (Å²) in [7, 11) is -3.90. The van der Waals surface area contributed by atoms with Crippen molar-refractivity contribution in [2.45, 2.75) is 29.9 Å². The summed E-state index contributed by atoms with van der Waals surface area (Å²) in [6.45, 7) is 1.70. The van der Waals surface area contributed by atoms with Crippen LogP contribution in [-0.2, 0) is 24.6 Å². The first-order valence-corrected chi connectivity index (χ1v) is 13.3. The van der Waals surface area contributed by atoms with Crippen molar-refractivity contribution < 1.29 is 22.4 Å². The van der Waals surface area contributed by atoms with Crippen molar-refractivity contribution in [3.05, 3.63) is 138 Å². The summed E-state index contributed by atoms with van der Waals surface area (Å²) in [5.74, 6) is 0. The molecule has 5 nitrogen and oxygen atoms in total. The molecule has 4 aromatic carbocycles. The van der Waals surface area contributed by atoms with Crippen molar-refractivity contribution >= 4 is 10.1 Å². The van der Waals surface area contributed by atoms with Gasteiger partial charge in [0.15, 0.2) is 0 Å². The van der Waals surface area contributed by atoms with Crippen molar-refractivity contribution in [3.63, 3.8) is 0 Å². The van der Waals surface area contributed by atoms with Crippen LogP contribution in [0.2, 0.25) is 0 Å². The lowest BCUT2D eigenvalue weighted by molar-refractivity contribution is -0.0425. The fourth-order valence-electron chi connectivity index (χ4n) is 4.14. The fourth-order valence-corrected chi connectivity index (χ4v) is 5.06. The summed E-state index contributed by atoms with van der Waals surface area (Å²) in [4.78, 5) is 0.0927. The topological polar surface area (TPSA) is 72.8 Å². The number of ether oxygens (including phenoxy) is 1. The molecule has 0 amide bonds. The zero-order valence-corrected chi connectivity index (χ0v) is 21.0. The minimum Gasteiger partial charge on any atom is -0.391 e. The molecule has 36 heavy (non-hydrogen) atoms. The Hall–Kier alpha value is -3.29. The maximum absolute atomic E-state index is 12.5. The van der Waals surface area contributed by atoms with Crippen LogP contribution in [0.15, 0.2) is 120 Å². The van der Waals surface area contributed by atoms with E-state index in [1.807, 2.05) is 97.9 Å². The lowest BCUT2D eigenvalue weighted by Gasteiger charge is -2.36. The highest BCUT2D eigenvalue weighted by Gasteiger charge is 2.38. The standard InChI is InChI=1S/C30H30O5S/c1-24-17-19-29(20-18-24)36(32,33)35-22-21-28(31)23-34-30(25-11-5-2-6-12-25,26-13-7-3-8-14-26)27-15-9-4-10-16-27/h2-20,28,31H,21-23H2,1H3/t28-/m0/s1. The summed E-state index contributed by atoms with van der Waals surface area (Å²) >= 11 is 0. The van der Waals surface area contributed by atoms with Gasteiger partial charge in [-0.3, -0.25) is 4.18 Å². The number of benzene rings is 4. The van der Waals surface area contributed by atoms with Gasteiger partial charge in [-0.05, 0) is 35.7 Å². The highest BCUT2D eigenvalue weighted by molar-refractivity contribution is 7.86. The Morgan fingerprint density at radius 1 is 0.722 bits per heavy atom. The van der Waals surface area contributed by atoms with Gasteiger partial charge in [0.1, 0.15) is 5.60 Å². The summed E-state index contributed by atoms with van der Waals surface area (Å²) in [6, 6.07) is 36.1. The van der Waals surface area contributed by atoms with Gasteiger partial charge in [0.25, 0.3) is 10.1 Å². The molecule has 0 heterocycles. The van der Waals surface area contributed by atoms with E-state index < -0.39 is 21.8 Å². The van der Waals surface area contributed by atoms with Gasteiger partial charge >= 0.3 is 0 Å². The third kappa shape index (κ3) is 5.91. The van der Waals surface area contributed by atoms with Crippen molar-refractivity contribution in [1.82, 2.24) is 0 Å². The molecular weight excluding hydrogens is 472 g/mol. The Labute approximate surface area is 213 Å². The van der Waals surface area contributed by atoms with Crippen molar-refractivity contribution in [2.75, 3.05) is 13.2 Å². The van der Waals surface area contributed by atoms with E-state index in [0.717, 1.165) is 22.3 Å². The zero-order valence-electron chi connectivity index (χ0n) is 20.2. The van der Waals surface area contributed by atoms with Crippen LogP contribution in [0.4, 0.5) is 0 Å². The maximum Gasteiger partial charge on any atom is 0.296 e. The predicted molar refractivity (Wildman–Crippen MR) is 140 cm³/mol. The number of hydrogen-bond acceptors (Lipinski definition) is 5. The van der Waals surface area contributed by atoms with E-state index in [4.69, 9.17) is 8.92 Å². The quantitative estimate of drug-likeness (QED) is 0.218. The molecule has 0 bridgehead atoms. The van der Waals surface area contributed by atoms with Crippen LogP contribution in [-0.4, -0.2) is 32.8 Å². The van der Waals surface area contributed by atoms with Gasteiger partial charge in [-0.1, -0.05) is 109 Å². The number of aliphatic hydroxyl groups is 1. The van der Waals surface area contributed by atoms with Crippen LogP contribution in [0.25, 0.3) is 0 Å². The van der Waals surface area contributed by atoms with Gasteiger partial charge in [-0.2, -0.15) is 8.42 Å². The fraction of sp³-hybridized carbons (Fsp3) is 0.200. The first-order chi connectivity index (χ1) is 17.4. The maximum atomic E-state index is 12.5. The Morgan fingerprint density at radius 3 is 1.61 bits per heavy atom. The molecule has 0 aromatic heterocycles. The van der Waals surface area contributed by atoms with Crippen LogP contribution < -0.4 is 0 Å². The van der Waals surface area contributed by atoms with Crippen LogP contribution in [0, 0.1) is 6.92 Å². The van der Waals surface area contributed by atoms with Crippen molar-refractivity contribution in [3.8, 4) is 0 Å². The SMILES string of the molecule is Cc1ccc(S(=O)(=O)OCC[C@H](O)COC(c2ccccc2)(c2ccccc2)c2ccccc2)cc1.